The minimum Gasteiger partial charge on any atom is -0.461 e. The monoisotopic (exact) mass is 258 g/mol. The van der Waals surface area contributed by atoms with E-state index in [1.807, 2.05) is 0 Å². The van der Waals surface area contributed by atoms with Gasteiger partial charge in [-0.25, -0.2) is 4.79 Å². The molecule has 0 aromatic rings. The Morgan fingerprint density at radius 2 is 1.72 bits per heavy atom. The van der Waals surface area contributed by atoms with Crippen molar-refractivity contribution in [2.24, 2.45) is 5.41 Å². The third-order valence-electron chi connectivity index (χ3n) is 2.11. The molecule has 0 aliphatic carbocycles. The summed E-state index contributed by atoms with van der Waals surface area (Å²) in [5.41, 5.74) is -1.69. The lowest BCUT2D eigenvalue weighted by atomic mass is 9.93. The van der Waals surface area contributed by atoms with Crippen molar-refractivity contribution in [3.63, 3.8) is 0 Å². The zero-order chi connectivity index (χ0) is 14.6. The first kappa shape index (κ1) is 16.6. The Hall–Kier alpha value is -1.36. The Balaban J connectivity index is 4.66. The number of aliphatic hydroxyl groups excluding tert-OH is 1. The molecule has 1 N–H and O–H groups in total. The maximum atomic E-state index is 11.9. The SMILES string of the molecule is C=C(C)C(=O)OCC(C)(CO)C(=O)OC(C)(C)C. The first-order chi connectivity index (χ1) is 8.02. The molecular formula is C13H22O5. The number of carbonyl (C=O) groups is 2. The second-order valence-electron chi connectivity index (χ2n) is 5.58. The van der Waals surface area contributed by atoms with Crippen molar-refractivity contribution in [3.8, 4) is 0 Å². The van der Waals surface area contributed by atoms with E-state index in [2.05, 4.69) is 6.58 Å². The van der Waals surface area contributed by atoms with Crippen molar-refractivity contribution >= 4 is 11.9 Å². The number of hydrogen-bond donors (Lipinski definition) is 1. The normalized spacial score (nSPS) is 14.6. The van der Waals surface area contributed by atoms with Crippen LogP contribution in [-0.2, 0) is 19.1 Å². The maximum absolute atomic E-state index is 11.9. The van der Waals surface area contributed by atoms with Crippen LogP contribution in [0.3, 0.4) is 0 Å². The molecule has 0 saturated heterocycles. The van der Waals surface area contributed by atoms with E-state index in [-0.39, 0.29) is 12.2 Å². The van der Waals surface area contributed by atoms with E-state index in [1.54, 1.807) is 20.8 Å². The molecule has 0 spiro atoms. The number of aliphatic hydroxyl groups is 1. The van der Waals surface area contributed by atoms with Crippen LogP contribution in [-0.4, -0.2) is 35.9 Å². The fraction of sp³-hybridized carbons (Fsp3) is 0.692. The average molecular weight is 258 g/mol. The van der Waals surface area contributed by atoms with Gasteiger partial charge in [-0.1, -0.05) is 6.58 Å². The van der Waals surface area contributed by atoms with Gasteiger partial charge < -0.3 is 14.6 Å². The third-order valence-corrected chi connectivity index (χ3v) is 2.11. The van der Waals surface area contributed by atoms with Crippen LogP contribution in [0.5, 0.6) is 0 Å². The summed E-state index contributed by atoms with van der Waals surface area (Å²) in [5, 5.41) is 9.29. The fourth-order valence-electron chi connectivity index (χ4n) is 0.918. The molecule has 1 unspecified atom stereocenters. The summed E-state index contributed by atoms with van der Waals surface area (Å²) >= 11 is 0. The van der Waals surface area contributed by atoms with E-state index in [0.29, 0.717) is 0 Å². The van der Waals surface area contributed by atoms with Gasteiger partial charge >= 0.3 is 11.9 Å². The number of rotatable bonds is 5. The summed E-state index contributed by atoms with van der Waals surface area (Å²) < 4.78 is 10.1. The maximum Gasteiger partial charge on any atom is 0.333 e. The summed E-state index contributed by atoms with van der Waals surface area (Å²) in [6.45, 7) is 10.9. The highest BCUT2D eigenvalue weighted by Gasteiger charge is 2.38. The summed E-state index contributed by atoms with van der Waals surface area (Å²) in [5.74, 6) is -1.20. The van der Waals surface area contributed by atoms with Crippen LogP contribution in [0.4, 0.5) is 0 Å². The van der Waals surface area contributed by atoms with E-state index in [9.17, 15) is 14.7 Å². The highest BCUT2D eigenvalue weighted by atomic mass is 16.6. The minimum absolute atomic E-state index is 0.236. The van der Waals surface area contributed by atoms with Crippen molar-refractivity contribution < 1.29 is 24.2 Å². The van der Waals surface area contributed by atoms with Gasteiger partial charge in [0, 0.05) is 5.57 Å². The number of hydrogen-bond acceptors (Lipinski definition) is 5. The van der Waals surface area contributed by atoms with E-state index < -0.39 is 29.6 Å². The molecule has 5 nitrogen and oxygen atoms in total. The van der Waals surface area contributed by atoms with Crippen LogP contribution in [0.25, 0.3) is 0 Å². The lowest BCUT2D eigenvalue weighted by Crippen LogP contribution is -2.42. The average Bonchev–Trinajstić information content (AvgIpc) is 2.22. The largest absolute Gasteiger partial charge is 0.461 e. The highest BCUT2D eigenvalue weighted by Crippen LogP contribution is 2.22. The molecule has 0 fully saturated rings. The topological polar surface area (TPSA) is 72.8 Å². The van der Waals surface area contributed by atoms with Gasteiger partial charge in [0.25, 0.3) is 0 Å². The van der Waals surface area contributed by atoms with Crippen molar-refractivity contribution in [1.82, 2.24) is 0 Å². The third kappa shape index (κ3) is 5.31. The molecule has 18 heavy (non-hydrogen) atoms. The number of ether oxygens (including phenoxy) is 2. The summed E-state index contributed by atoms with van der Waals surface area (Å²) in [4.78, 5) is 23.2. The van der Waals surface area contributed by atoms with E-state index in [0.717, 1.165) is 0 Å². The van der Waals surface area contributed by atoms with Crippen LogP contribution in [0.1, 0.15) is 34.6 Å². The van der Waals surface area contributed by atoms with E-state index in [4.69, 9.17) is 9.47 Å². The van der Waals surface area contributed by atoms with Crippen LogP contribution in [0, 0.1) is 5.41 Å². The molecule has 0 bridgehead atoms. The molecule has 0 heterocycles. The van der Waals surface area contributed by atoms with Crippen LogP contribution in [0.15, 0.2) is 12.2 Å². The lowest BCUT2D eigenvalue weighted by molar-refractivity contribution is -0.174. The summed E-state index contributed by atoms with van der Waals surface area (Å²) in [6, 6.07) is 0. The van der Waals surface area contributed by atoms with Gasteiger partial charge in [-0.15, -0.1) is 0 Å². The summed E-state index contributed by atoms with van der Waals surface area (Å²) in [7, 11) is 0. The number of carbonyl (C=O) groups excluding carboxylic acids is 2. The van der Waals surface area contributed by atoms with Gasteiger partial charge in [-0.3, -0.25) is 4.79 Å². The second kappa shape index (κ2) is 6.00. The molecule has 0 amide bonds. The molecule has 0 radical (unpaired) electrons. The minimum atomic E-state index is -1.27. The Labute approximate surface area is 108 Å². The van der Waals surface area contributed by atoms with Crippen LogP contribution >= 0.6 is 0 Å². The Kier molecular flexibility index (Phi) is 5.55. The quantitative estimate of drug-likeness (QED) is 0.597. The predicted octanol–water partition coefficient (Wildman–Crippen LogP) is 1.45. The van der Waals surface area contributed by atoms with Crippen molar-refractivity contribution in [2.75, 3.05) is 13.2 Å². The fourth-order valence-corrected chi connectivity index (χ4v) is 0.918. The second-order valence-corrected chi connectivity index (χ2v) is 5.58. The van der Waals surface area contributed by atoms with Gasteiger partial charge in [-0.05, 0) is 34.6 Å². The van der Waals surface area contributed by atoms with E-state index in [1.165, 1.54) is 13.8 Å². The molecule has 0 aromatic carbocycles. The molecule has 0 saturated carbocycles. The lowest BCUT2D eigenvalue weighted by Gasteiger charge is -2.29. The van der Waals surface area contributed by atoms with Crippen molar-refractivity contribution in [3.05, 3.63) is 12.2 Å². The van der Waals surface area contributed by atoms with Crippen molar-refractivity contribution in [1.29, 1.82) is 0 Å². The first-order valence-corrected chi connectivity index (χ1v) is 5.69. The molecule has 104 valence electrons. The van der Waals surface area contributed by atoms with Gasteiger partial charge in [-0.2, -0.15) is 0 Å². The standard InChI is InChI=1S/C13H22O5/c1-9(2)10(15)17-8-13(6,7-14)11(16)18-12(3,4)5/h14H,1,7-8H2,2-6H3. The Morgan fingerprint density at radius 1 is 1.22 bits per heavy atom. The zero-order valence-corrected chi connectivity index (χ0v) is 11.7. The molecule has 0 aliphatic rings. The molecule has 0 aromatic heterocycles. The van der Waals surface area contributed by atoms with Gasteiger partial charge in [0.1, 0.15) is 17.6 Å². The molecule has 5 heteroatoms. The van der Waals surface area contributed by atoms with Gasteiger partial charge in [0.2, 0.25) is 0 Å². The predicted molar refractivity (Wildman–Crippen MR) is 66.8 cm³/mol. The zero-order valence-electron chi connectivity index (χ0n) is 11.7. The highest BCUT2D eigenvalue weighted by molar-refractivity contribution is 5.87. The number of esters is 2. The molecule has 1 atom stereocenters. The molecular weight excluding hydrogens is 236 g/mol. The Bertz CT molecular complexity index is 340. The van der Waals surface area contributed by atoms with Gasteiger partial charge in [0.15, 0.2) is 0 Å². The van der Waals surface area contributed by atoms with Crippen molar-refractivity contribution in [2.45, 2.75) is 40.2 Å². The van der Waals surface area contributed by atoms with Gasteiger partial charge in [0.05, 0.1) is 6.61 Å². The first-order valence-electron chi connectivity index (χ1n) is 5.69. The smallest absolute Gasteiger partial charge is 0.333 e. The molecule has 0 rings (SSSR count). The Morgan fingerprint density at radius 3 is 2.06 bits per heavy atom. The van der Waals surface area contributed by atoms with E-state index >= 15 is 0 Å². The van der Waals surface area contributed by atoms with Crippen LogP contribution in [0.2, 0.25) is 0 Å². The summed E-state index contributed by atoms with van der Waals surface area (Å²) in [6.07, 6.45) is 0. The van der Waals surface area contributed by atoms with Crippen LogP contribution < -0.4 is 0 Å². The molecule has 0 aliphatic heterocycles.